The first-order valence-corrected chi connectivity index (χ1v) is 7.38. The molecule has 0 saturated carbocycles. The van der Waals surface area contributed by atoms with Crippen molar-refractivity contribution in [3.05, 3.63) is 42.0 Å². The van der Waals surface area contributed by atoms with E-state index in [1.165, 1.54) is 5.56 Å². The van der Waals surface area contributed by atoms with E-state index >= 15 is 0 Å². The van der Waals surface area contributed by atoms with Crippen LogP contribution in [-0.4, -0.2) is 19.7 Å². The average molecular weight is 280 g/mol. The molecule has 3 rings (SSSR count). The minimum absolute atomic E-state index is 0.381. The van der Waals surface area contributed by atoms with E-state index in [1.807, 2.05) is 23.3 Å². The van der Waals surface area contributed by atoms with Crippen LogP contribution in [-0.2, 0) is 6.54 Å². The molecule has 0 aliphatic carbocycles. The quantitative estimate of drug-likeness (QED) is 0.729. The molecule has 0 amide bonds. The molecule has 0 fully saturated rings. The van der Waals surface area contributed by atoms with Crippen LogP contribution >= 0.6 is 0 Å². The van der Waals surface area contributed by atoms with Gasteiger partial charge in [0.15, 0.2) is 5.65 Å². The maximum absolute atomic E-state index is 4.79. The number of pyridine rings is 2. The molecule has 0 aliphatic heterocycles. The highest BCUT2D eigenvalue weighted by atomic mass is 15.3. The molecule has 0 atom stereocenters. The summed E-state index contributed by atoms with van der Waals surface area (Å²) in [4.78, 5) is 9.12. The van der Waals surface area contributed by atoms with E-state index in [1.54, 1.807) is 0 Å². The summed E-state index contributed by atoms with van der Waals surface area (Å²) in [5.74, 6) is 0.381. The highest BCUT2D eigenvalue weighted by Crippen LogP contribution is 2.30. The maximum Gasteiger partial charge on any atom is 0.158 e. The van der Waals surface area contributed by atoms with Crippen LogP contribution in [0.3, 0.4) is 0 Å². The Balaban J connectivity index is 2.32. The minimum Gasteiger partial charge on any atom is -0.264 e. The van der Waals surface area contributed by atoms with Crippen molar-refractivity contribution >= 4 is 11.0 Å². The lowest BCUT2D eigenvalue weighted by Crippen LogP contribution is -2.01. The summed E-state index contributed by atoms with van der Waals surface area (Å²) in [6.45, 7) is 9.31. The second-order valence-corrected chi connectivity index (χ2v) is 5.70. The van der Waals surface area contributed by atoms with Crippen molar-refractivity contribution < 1.29 is 0 Å². The van der Waals surface area contributed by atoms with Crippen molar-refractivity contribution in [1.82, 2.24) is 19.7 Å². The summed E-state index contributed by atoms with van der Waals surface area (Å²) in [6, 6.07) is 4.33. The van der Waals surface area contributed by atoms with E-state index in [4.69, 9.17) is 4.98 Å². The number of hydrogen-bond donors (Lipinski definition) is 0. The first-order chi connectivity index (χ1) is 10.1. The number of rotatable bonds is 3. The van der Waals surface area contributed by atoms with E-state index in [0.29, 0.717) is 5.92 Å². The average Bonchev–Trinajstić information content (AvgIpc) is 2.89. The molecule has 3 aromatic heterocycles. The molecule has 0 unspecified atom stereocenters. The van der Waals surface area contributed by atoms with Crippen LogP contribution in [0.4, 0.5) is 0 Å². The smallest absolute Gasteiger partial charge is 0.158 e. The second kappa shape index (κ2) is 5.28. The van der Waals surface area contributed by atoms with Gasteiger partial charge >= 0.3 is 0 Å². The predicted molar refractivity (Wildman–Crippen MR) is 85.3 cm³/mol. The van der Waals surface area contributed by atoms with E-state index in [0.717, 1.165) is 34.4 Å². The van der Waals surface area contributed by atoms with Crippen molar-refractivity contribution in [2.24, 2.45) is 0 Å². The summed E-state index contributed by atoms with van der Waals surface area (Å²) < 4.78 is 1.95. The Morgan fingerprint density at radius 1 is 1.14 bits per heavy atom. The number of nitrogens with zero attached hydrogens (tertiary/aromatic N) is 4. The molecule has 21 heavy (non-hydrogen) atoms. The lowest BCUT2D eigenvalue weighted by Gasteiger charge is -2.10. The zero-order valence-electron chi connectivity index (χ0n) is 13.0. The fourth-order valence-corrected chi connectivity index (χ4v) is 2.54. The van der Waals surface area contributed by atoms with Crippen molar-refractivity contribution in [1.29, 1.82) is 0 Å². The third-order valence-corrected chi connectivity index (χ3v) is 3.71. The van der Waals surface area contributed by atoms with Crippen molar-refractivity contribution in [3.8, 4) is 11.1 Å². The standard InChI is InChI=1S/C17H20N4/c1-5-21-17-15(10-19-21)14(7-16(20-17)11(2)3)13-6-12(4)8-18-9-13/h6-11H,5H2,1-4H3. The first-order valence-electron chi connectivity index (χ1n) is 7.38. The van der Waals surface area contributed by atoms with Crippen LogP contribution in [0.15, 0.2) is 30.7 Å². The van der Waals surface area contributed by atoms with Gasteiger partial charge in [-0.25, -0.2) is 9.67 Å². The fourth-order valence-electron chi connectivity index (χ4n) is 2.54. The highest BCUT2D eigenvalue weighted by molar-refractivity contribution is 5.92. The summed E-state index contributed by atoms with van der Waals surface area (Å²) in [7, 11) is 0. The third kappa shape index (κ3) is 2.42. The number of aromatic nitrogens is 4. The molecule has 3 heterocycles. The van der Waals surface area contributed by atoms with Gasteiger partial charge in [0.25, 0.3) is 0 Å². The monoisotopic (exact) mass is 280 g/mol. The molecule has 108 valence electrons. The van der Waals surface area contributed by atoms with Crippen molar-refractivity contribution in [2.75, 3.05) is 0 Å². The fraction of sp³-hybridized carbons (Fsp3) is 0.353. The van der Waals surface area contributed by atoms with Crippen LogP contribution in [0.25, 0.3) is 22.2 Å². The molecule has 0 radical (unpaired) electrons. The Kier molecular flexibility index (Phi) is 3.45. The number of fused-ring (bicyclic) bond motifs is 1. The first kappa shape index (κ1) is 13.7. The van der Waals surface area contributed by atoms with Gasteiger partial charge in [0, 0.05) is 35.6 Å². The van der Waals surface area contributed by atoms with Crippen LogP contribution in [0.5, 0.6) is 0 Å². The lowest BCUT2D eigenvalue weighted by molar-refractivity contribution is 0.673. The second-order valence-electron chi connectivity index (χ2n) is 5.70. The SMILES string of the molecule is CCn1ncc2c(-c3cncc(C)c3)cc(C(C)C)nc21. The van der Waals surface area contributed by atoms with Crippen LogP contribution < -0.4 is 0 Å². The summed E-state index contributed by atoms with van der Waals surface area (Å²) in [6.07, 6.45) is 5.70. The molecule has 4 heteroatoms. The van der Waals surface area contributed by atoms with Gasteiger partial charge in [-0.15, -0.1) is 0 Å². The Labute approximate surface area is 124 Å². The Hall–Kier alpha value is -2.23. The molecular formula is C17H20N4. The largest absolute Gasteiger partial charge is 0.264 e. The Bertz CT molecular complexity index is 787. The van der Waals surface area contributed by atoms with Crippen molar-refractivity contribution in [3.63, 3.8) is 0 Å². The Morgan fingerprint density at radius 3 is 2.62 bits per heavy atom. The van der Waals surface area contributed by atoms with Crippen LogP contribution in [0.2, 0.25) is 0 Å². The molecule has 0 bridgehead atoms. The number of hydrogen-bond acceptors (Lipinski definition) is 3. The summed E-state index contributed by atoms with van der Waals surface area (Å²) >= 11 is 0. The molecule has 0 aromatic carbocycles. The highest BCUT2D eigenvalue weighted by Gasteiger charge is 2.14. The third-order valence-electron chi connectivity index (χ3n) is 3.71. The van der Waals surface area contributed by atoms with Gasteiger partial charge in [-0.05, 0) is 43.0 Å². The topological polar surface area (TPSA) is 43.6 Å². The predicted octanol–water partition coefficient (Wildman–Crippen LogP) is 3.95. The summed E-state index contributed by atoms with van der Waals surface area (Å²) in [5.41, 5.74) is 5.50. The maximum atomic E-state index is 4.79. The molecular weight excluding hydrogens is 260 g/mol. The van der Waals surface area contributed by atoms with Gasteiger partial charge in [0.2, 0.25) is 0 Å². The van der Waals surface area contributed by atoms with E-state index in [9.17, 15) is 0 Å². The zero-order valence-corrected chi connectivity index (χ0v) is 13.0. The molecule has 0 N–H and O–H groups in total. The van der Waals surface area contributed by atoms with Gasteiger partial charge in [-0.3, -0.25) is 4.98 Å². The lowest BCUT2D eigenvalue weighted by atomic mass is 10.00. The van der Waals surface area contributed by atoms with Crippen LogP contribution in [0.1, 0.15) is 37.9 Å². The van der Waals surface area contributed by atoms with Gasteiger partial charge in [-0.2, -0.15) is 5.10 Å². The van der Waals surface area contributed by atoms with Crippen LogP contribution in [0, 0.1) is 6.92 Å². The molecule has 0 spiro atoms. The number of aryl methyl sites for hydroxylation is 2. The van der Waals surface area contributed by atoms with E-state index < -0.39 is 0 Å². The van der Waals surface area contributed by atoms with Crippen molar-refractivity contribution in [2.45, 2.75) is 40.2 Å². The van der Waals surface area contributed by atoms with Gasteiger partial charge < -0.3 is 0 Å². The van der Waals surface area contributed by atoms with E-state index in [-0.39, 0.29) is 0 Å². The molecule has 3 aromatic rings. The van der Waals surface area contributed by atoms with E-state index in [2.05, 4.69) is 49.9 Å². The van der Waals surface area contributed by atoms with Gasteiger partial charge in [-0.1, -0.05) is 13.8 Å². The molecule has 0 aliphatic rings. The molecule has 0 saturated heterocycles. The summed E-state index contributed by atoms with van der Waals surface area (Å²) in [5, 5.41) is 5.55. The minimum atomic E-state index is 0.381. The van der Waals surface area contributed by atoms with Gasteiger partial charge in [0.05, 0.1) is 6.20 Å². The normalized spacial score (nSPS) is 11.5. The zero-order chi connectivity index (χ0) is 15.0. The molecule has 4 nitrogen and oxygen atoms in total. The Morgan fingerprint density at radius 2 is 1.95 bits per heavy atom. The van der Waals surface area contributed by atoms with Gasteiger partial charge in [0.1, 0.15) is 0 Å².